The van der Waals surface area contributed by atoms with Crippen molar-refractivity contribution in [2.75, 3.05) is 0 Å². The van der Waals surface area contributed by atoms with E-state index in [-0.39, 0.29) is 6.42 Å². The number of hydrogen-bond donors (Lipinski definition) is 1. The van der Waals surface area contributed by atoms with Crippen LogP contribution in [0.5, 0.6) is 0 Å². The largest absolute Gasteiger partial charge is 0.481 e. The number of aromatic nitrogens is 3. The molecule has 1 rings (SSSR count). The number of rotatable bonds is 4. The number of carboxylic acids is 1. The van der Waals surface area contributed by atoms with Crippen LogP contribution >= 0.6 is 0 Å². The summed E-state index contributed by atoms with van der Waals surface area (Å²) in [5.41, 5.74) is 0.846. The van der Waals surface area contributed by atoms with Crippen LogP contribution in [0.3, 0.4) is 0 Å². The van der Waals surface area contributed by atoms with E-state index >= 15 is 0 Å². The van der Waals surface area contributed by atoms with Gasteiger partial charge in [-0.3, -0.25) is 9.48 Å². The van der Waals surface area contributed by atoms with Crippen molar-refractivity contribution in [3.63, 3.8) is 0 Å². The number of carbonyl (C=O) groups is 1. The Kier molecular flexibility index (Phi) is 2.79. The Balaban J connectivity index is 2.29. The molecule has 0 fully saturated rings. The molecule has 0 aliphatic rings. The van der Waals surface area contributed by atoms with Crippen LogP contribution in [-0.2, 0) is 18.3 Å². The van der Waals surface area contributed by atoms with Gasteiger partial charge in [-0.1, -0.05) is 5.21 Å². The summed E-state index contributed by atoms with van der Waals surface area (Å²) in [7, 11) is 1.79. The monoisotopic (exact) mass is 169 g/mol. The lowest BCUT2D eigenvalue weighted by Crippen LogP contribution is -1.95. The summed E-state index contributed by atoms with van der Waals surface area (Å²) in [4.78, 5) is 10.2. The molecule has 0 aliphatic heterocycles. The number of hydrogen-bond acceptors (Lipinski definition) is 3. The van der Waals surface area contributed by atoms with Crippen molar-refractivity contribution < 1.29 is 9.90 Å². The Labute approximate surface area is 70.0 Å². The zero-order chi connectivity index (χ0) is 8.97. The third-order valence-corrected chi connectivity index (χ3v) is 1.47. The first-order valence-electron chi connectivity index (χ1n) is 3.75. The molecule has 12 heavy (non-hydrogen) atoms. The van der Waals surface area contributed by atoms with Gasteiger partial charge in [0.25, 0.3) is 0 Å². The fourth-order valence-corrected chi connectivity index (χ4v) is 0.931. The maximum Gasteiger partial charge on any atom is 0.303 e. The molecule has 66 valence electrons. The van der Waals surface area contributed by atoms with Gasteiger partial charge in [-0.25, -0.2) is 0 Å². The topological polar surface area (TPSA) is 68.0 Å². The summed E-state index contributed by atoms with van der Waals surface area (Å²) in [5, 5.41) is 15.9. The highest BCUT2D eigenvalue weighted by molar-refractivity contribution is 5.66. The molecule has 1 N–H and O–H groups in total. The van der Waals surface area contributed by atoms with Crippen molar-refractivity contribution >= 4 is 5.97 Å². The van der Waals surface area contributed by atoms with Crippen LogP contribution in [0.25, 0.3) is 0 Å². The molecule has 0 aromatic carbocycles. The third kappa shape index (κ3) is 2.69. The van der Waals surface area contributed by atoms with E-state index in [0.29, 0.717) is 12.8 Å². The Hall–Kier alpha value is -1.39. The first-order valence-corrected chi connectivity index (χ1v) is 3.75. The van der Waals surface area contributed by atoms with Crippen molar-refractivity contribution in [3.8, 4) is 0 Å². The highest BCUT2D eigenvalue weighted by atomic mass is 16.4. The van der Waals surface area contributed by atoms with E-state index in [2.05, 4.69) is 10.3 Å². The van der Waals surface area contributed by atoms with Crippen LogP contribution in [0, 0.1) is 0 Å². The molecule has 1 aromatic rings. The highest BCUT2D eigenvalue weighted by Crippen LogP contribution is 1.99. The summed E-state index contributed by atoms with van der Waals surface area (Å²) in [5.74, 6) is -0.765. The van der Waals surface area contributed by atoms with E-state index in [1.165, 1.54) is 0 Å². The molecular weight excluding hydrogens is 158 g/mol. The van der Waals surface area contributed by atoms with Crippen LogP contribution in [0.1, 0.15) is 18.5 Å². The second-order valence-electron chi connectivity index (χ2n) is 2.63. The number of aliphatic carboxylic acids is 1. The van der Waals surface area contributed by atoms with Crippen molar-refractivity contribution in [3.05, 3.63) is 11.9 Å². The average Bonchev–Trinajstić information content (AvgIpc) is 2.35. The van der Waals surface area contributed by atoms with Gasteiger partial charge in [-0.05, 0) is 12.8 Å². The maximum atomic E-state index is 10.2. The summed E-state index contributed by atoms with van der Waals surface area (Å²) in [6.07, 6.45) is 3.28. The van der Waals surface area contributed by atoms with Crippen LogP contribution in [-0.4, -0.2) is 26.1 Å². The molecule has 1 heterocycles. The van der Waals surface area contributed by atoms with Crippen molar-refractivity contribution in [1.82, 2.24) is 15.0 Å². The minimum absolute atomic E-state index is 0.191. The lowest BCUT2D eigenvalue weighted by Gasteiger charge is -1.91. The summed E-state index contributed by atoms with van der Waals surface area (Å²) in [6.45, 7) is 0. The van der Waals surface area contributed by atoms with E-state index in [4.69, 9.17) is 5.11 Å². The molecule has 0 bridgehead atoms. The van der Waals surface area contributed by atoms with Gasteiger partial charge < -0.3 is 5.11 Å². The molecular formula is C7H11N3O2. The molecule has 0 saturated heterocycles. The maximum absolute atomic E-state index is 10.2. The SMILES string of the molecule is Cn1cc(CCCC(=O)O)nn1. The predicted molar refractivity (Wildman–Crippen MR) is 41.6 cm³/mol. The molecule has 0 amide bonds. The Morgan fingerprint density at radius 2 is 2.50 bits per heavy atom. The summed E-state index contributed by atoms with van der Waals surface area (Å²) < 4.78 is 1.61. The van der Waals surface area contributed by atoms with Gasteiger partial charge >= 0.3 is 5.97 Å². The molecule has 0 radical (unpaired) electrons. The second-order valence-corrected chi connectivity index (χ2v) is 2.63. The molecule has 5 heteroatoms. The lowest BCUT2D eigenvalue weighted by atomic mass is 10.2. The van der Waals surface area contributed by atoms with Crippen molar-refractivity contribution in [2.24, 2.45) is 7.05 Å². The van der Waals surface area contributed by atoms with Crippen molar-refractivity contribution in [2.45, 2.75) is 19.3 Å². The zero-order valence-electron chi connectivity index (χ0n) is 6.90. The van der Waals surface area contributed by atoms with Gasteiger partial charge in [0.15, 0.2) is 0 Å². The fourth-order valence-electron chi connectivity index (χ4n) is 0.931. The minimum Gasteiger partial charge on any atom is -0.481 e. The van der Waals surface area contributed by atoms with E-state index in [1.807, 2.05) is 0 Å². The van der Waals surface area contributed by atoms with Crippen molar-refractivity contribution in [1.29, 1.82) is 0 Å². The van der Waals surface area contributed by atoms with E-state index in [1.54, 1.807) is 17.9 Å². The molecule has 1 aromatic heterocycles. The highest BCUT2D eigenvalue weighted by Gasteiger charge is 2.00. The van der Waals surface area contributed by atoms with Gasteiger partial charge in [0, 0.05) is 19.7 Å². The van der Waals surface area contributed by atoms with Crippen LogP contribution < -0.4 is 0 Å². The Morgan fingerprint density at radius 3 is 3.00 bits per heavy atom. The zero-order valence-corrected chi connectivity index (χ0v) is 6.90. The summed E-state index contributed by atoms with van der Waals surface area (Å²) >= 11 is 0. The standard InChI is InChI=1S/C7H11N3O2/c1-10-5-6(8-9-10)3-2-4-7(11)12/h5H,2-4H2,1H3,(H,11,12). The van der Waals surface area contributed by atoms with Gasteiger partial charge in [-0.15, -0.1) is 5.10 Å². The van der Waals surface area contributed by atoms with Gasteiger partial charge in [0.1, 0.15) is 0 Å². The smallest absolute Gasteiger partial charge is 0.303 e. The lowest BCUT2D eigenvalue weighted by molar-refractivity contribution is -0.137. The molecule has 0 saturated carbocycles. The Morgan fingerprint density at radius 1 is 1.75 bits per heavy atom. The van der Waals surface area contributed by atoms with E-state index < -0.39 is 5.97 Å². The third-order valence-electron chi connectivity index (χ3n) is 1.47. The number of aryl methyl sites for hydroxylation is 2. The number of nitrogens with zero attached hydrogens (tertiary/aromatic N) is 3. The molecule has 5 nitrogen and oxygen atoms in total. The van der Waals surface area contributed by atoms with Crippen LogP contribution in [0.4, 0.5) is 0 Å². The molecule has 0 atom stereocenters. The minimum atomic E-state index is -0.765. The van der Waals surface area contributed by atoms with Gasteiger partial charge in [0.05, 0.1) is 5.69 Å². The fraction of sp³-hybridized carbons (Fsp3) is 0.571. The van der Waals surface area contributed by atoms with E-state index in [0.717, 1.165) is 5.69 Å². The van der Waals surface area contributed by atoms with E-state index in [9.17, 15) is 4.79 Å². The van der Waals surface area contributed by atoms with Crippen LogP contribution in [0.2, 0.25) is 0 Å². The normalized spacial score (nSPS) is 10.1. The quantitative estimate of drug-likeness (QED) is 0.700. The first-order chi connectivity index (χ1) is 5.68. The molecule has 0 unspecified atom stereocenters. The Bertz CT molecular complexity index is 269. The van der Waals surface area contributed by atoms with Crippen LogP contribution in [0.15, 0.2) is 6.20 Å². The predicted octanol–water partition coefficient (Wildman–Crippen LogP) is 0.222. The summed E-state index contributed by atoms with van der Waals surface area (Å²) in [6, 6.07) is 0. The average molecular weight is 169 g/mol. The van der Waals surface area contributed by atoms with Gasteiger partial charge in [-0.2, -0.15) is 0 Å². The number of carboxylic acid groups (broad SMARTS) is 1. The first kappa shape index (κ1) is 8.70. The molecule has 0 aliphatic carbocycles. The van der Waals surface area contributed by atoms with Gasteiger partial charge in [0.2, 0.25) is 0 Å². The second kappa shape index (κ2) is 3.85. The molecule has 0 spiro atoms.